The number of para-hydroxylation sites is 1. The van der Waals surface area contributed by atoms with Crippen LogP contribution in [-0.2, 0) is 0 Å². The first-order valence-electron chi connectivity index (χ1n) is 6.79. The third-order valence-electron chi connectivity index (χ3n) is 3.03. The zero-order chi connectivity index (χ0) is 15.4. The first kappa shape index (κ1) is 13.8. The predicted molar refractivity (Wildman–Crippen MR) is 81.9 cm³/mol. The van der Waals surface area contributed by atoms with Crippen molar-refractivity contribution in [1.29, 1.82) is 0 Å². The summed E-state index contributed by atoms with van der Waals surface area (Å²) in [7, 11) is 0. The van der Waals surface area contributed by atoms with Crippen molar-refractivity contribution in [2.45, 2.75) is 6.92 Å². The van der Waals surface area contributed by atoms with E-state index in [-0.39, 0.29) is 11.9 Å². The van der Waals surface area contributed by atoms with Gasteiger partial charge in [0, 0.05) is 17.8 Å². The quantitative estimate of drug-likeness (QED) is 0.730. The van der Waals surface area contributed by atoms with Crippen molar-refractivity contribution in [3.8, 4) is 5.69 Å². The largest absolute Gasteiger partial charge is 0.326 e. The lowest BCUT2D eigenvalue weighted by Crippen LogP contribution is -2.31. The summed E-state index contributed by atoms with van der Waals surface area (Å²) in [6.07, 6.45) is 1.60. The number of anilines is 2. The molecule has 0 saturated heterocycles. The molecular weight excluding hydrogens is 280 g/mol. The van der Waals surface area contributed by atoms with Gasteiger partial charge in [-0.2, -0.15) is 0 Å². The van der Waals surface area contributed by atoms with Gasteiger partial charge >= 0.3 is 11.9 Å². The van der Waals surface area contributed by atoms with Crippen molar-refractivity contribution in [1.82, 2.24) is 5.27 Å². The first-order valence-corrected chi connectivity index (χ1v) is 6.79. The van der Waals surface area contributed by atoms with Crippen LogP contribution in [0.5, 0.6) is 0 Å². The summed E-state index contributed by atoms with van der Waals surface area (Å²) in [6, 6.07) is 16.6. The van der Waals surface area contributed by atoms with Crippen LogP contribution >= 0.6 is 0 Å². The molecule has 0 bridgehead atoms. The average Bonchev–Trinajstić information content (AvgIpc) is 2.99. The van der Waals surface area contributed by atoms with Crippen LogP contribution in [0.3, 0.4) is 0 Å². The number of hydrogen-bond donors (Lipinski definition) is 2. The number of aromatic nitrogens is 2. The normalized spacial score (nSPS) is 10.2. The van der Waals surface area contributed by atoms with Crippen LogP contribution in [-0.4, -0.2) is 11.3 Å². The number of benzene rings is 2. The van der Waals surface area contributed by atoms with Crippen LogP contribution in [0, 0.1) is 6.92 Å². The van der Waals surface area contributed by atoms with Gasteiger partial charge in [0.1, 0.15) is 0 Å². The highest BCUT2D eigenvalue weighted by atomic mass is 16.5. The molecule has 0 unspecified atom stereocenters. The Labute approximate surface area is 127 Å². The molecule has 22 heavy (non-hydrogen) atoms. The number of carbonyl (C=O) groups excluding carboxylic acids is 1. The molecule has 3 rings (SSSR count). The van der Waals surface area contributed by atoms with Crippen LogP contribution in [0.2, 0.25) is 0 Å². The fourth-order valence-corrected chi connectivity index (χ4v) is 1.91. The zero-order valence-electron chi connectivity index (χ0n) is 12.0. The van der Waals surface area contributed by atoms with Crippen molar-refractivity contribution in [3.63, 3.8) is 0 Å². The SMILES string of the molecule is Cc1ccc(NC(=O)Nc2c[n+](-c3ccccc3)no2)cc1. The molecule has 0 saturated carbocycles. The van der Waals surface area contributed by atoms with E-state index in [1.165, 1.54) is 0 Å². The number of urea groups is 1. The van der Waals surface area contributed by atoms with E-state index in [0.717, 1.165) is 11.3 Å². The number of aryl methyl sites for hydroxylation is 1. The Hall–Kier alpha value is -3.15. The van der Waals surface area contributed by atoms with Crippen LogP contribution in [0.1, 0.15) is 5.56 Å². The maximum absolute atomic E-state index is 11.9. The second-order valence-electron chi connectivity index (χ2n) is 4.79. The minimum atomic E-state index is -0.389. The summed E-state index contributed by atoms with van der Waals surface area (Å²) in [6.45, 7) is 1.99. The third-order valence-corrected chi connectivity index (χ3v) is 3.03. The zero-order valence-corrected chi connectivity index (χ0v) is 12.0. The molecule has 0 radical (unpaired) electrons. The molecular formula is C16H15N4O2+. The molecule has 2 N–H and O–H groups in total. The van der Waals surface area contributed by atoms with Crippen molar-refractivity contribution in [3.05, 3.63) is 66.4 Å². The molecule has 1 heterocycles. The summed E-state index contributed by atoms with van der Waals surface area (Å²) in [5, 5.41) is 9.17. The Morgan fingerprint density at radius 2 is 1.77 bits per heavy atom. The number of rotatable bonds is 3. The van der Waals surface area contributed by atoms with Gasteiger partial charge in [-0.15, -0.1) is 0 Å². The average molecular weight is 295 g/mol. The number of nitrogens with zero attached hydrogens (tertiary/aromatic N) is 2. The standard InChI is InChI=1S/C16H14N4O2/c1-12-7-9-13(10-8-12)17-16(21)18-15-11-20(19-22-15)14-5-3-2-4-6-14/h2-11H,1H3,(H-,17,18,19,21)/p+1. The summed E-state index contributed by atoms with van der Waals surface area (Å²) in [4.78, 5) is 11.9. The molecule has 1 aromatic heterocycles. The van der Waals surface area contributed by atoms with E-state index in [1.807, 2.05) is 61.5 Å². The molecule has 0 fully saturated rings. The predicted octanol–water partition coefficient (Wildman–Crippen LogP) is 2.90. The van der Waals surface area contributed by atoms with Gasteiger partial charge in [0.15, 0.2) is 0 Å². The van der Waals surface area contributed by atoms with Gasteiger partial charge in [-0.3, -0.25) is 9.84 Å². The van der Waals surface area contributed by atoms with Gasteiger partial charge in [-0.05, 0) is 23.7 Å². The number of nitrogens with one attached hydrogen (secondary N) is 2. The minimum Gasteiger partial charge on any atom is -0.308 e. The second kappa shape index (κ2) is 6.09. The molecule has 0 aliphatic carbocycles. The highest BCUT2D eigenvalue weighted by Gasteiger charge is 2.16. The van der Waals surface area contributed by atoms with E-state index in [0.29, 0.717) is 5.69 Å². The number of hydrogen-bond acceptors (Lipinski definition) is 3. The van der Waals surface area contributed by atoms with Gasteiger partial charge in [-0.25, -0.2) is 4.79 Å². The summed E-state index contributed by atoms with van der Waals surface area (Å²) >= 11 is 0. The van der Waals surface area contributed by atoms with Gasteiger partial charge in [0.2, 0.25) is 11.0 Å². The van der Waals surface area contributed by atoms with Crippen LogP contribution < -0.4 is 15.3 Å². The van der Waals surface area contributed by atoms with Crippen LogP contribution in [0.15, 0.2) is 65.3 Å². The van der Waals surface area contributed by atoms with Crippen LogP contribution in [0.25, 0.3) is 5.69 Å². The minimum absolute atomic E-state index is 0.258. The van der Waals surface area contributed by atoms with E-state index < -0.39 is 0 Å². The van der Waals surface area contributed by atoms with E-state index in [2.05, 4.69) is 15.9 Å². The Morgan fingerprint density at radius 1 is 1.05 bits per heavy atom. The Kier molecular flexibility index (Phi) is 3.82. The van der Waals surface area contributed by atoms with E-state index in [9.17, 15) is 4.79 Å². The van der Waals surface area contributed by atoms with Gasteiger partial charge < -0.3 is 5.32 Å². The molecule has 0 atom stereocenters. The molecule has 3 aromatic rings. The Balaban J connectivity index is 1.65. The second-order valence-corrected chi connectivity index (χ2v) is 4.79. The maximum Gasteiger partial charge on any atom is 0.326 e. The lowest BCUT2D eigenvalue weighted by Gasteiger charge is -2.04. The third kappa shape index (κ3) is 3.29. The molecule has 6 nitrogen and oxygen atoms in total. The fraction of sp³-hybridized carbons (Fsp3) is 0.0625. The van der Waals surface area contributed by atoms with Gasteiger partial charge in [-0.1, -0.05) is 35.9 Å². The highest BCUT2D eigenvalue weighted by molar-refractivity contribution is 5.98. The molecule has 2 amide bonds. The summed E-state index contributed by atoms with van der Waals surface area (Å²) in [5.74, 6) is 0.258. The van der Waals surface area contributed by atoms with Crippen LogP contribution in [0.4, 0.5) is 16.4 Å². The van der Waals surface area contributed by atoms with Crippen molar-refractivity contribution in [2.24, 2.45) is 0 Å². The smallest absolute Gasteiger partial charge is 0.308 e. The van der Waals surface area contributed by atoms with E-state index in [4.69, 9.17) is 4.52 Å². The van der Waals surface area contributed by atoms with Gasteiger partial charge in [0.05, 0.1) is 0 Å². The molecule has 0 aliphatic heterocycles. The summed E-state index contributed by atoms with van der Waals surface area (Å²) in [5.41, 5.74) is 2.68. The lowest BCUT2D eigenvalue weighted by molar-refractivity contribution is -0.670. The van der Waals surface area contributed by atoms with E-state index >= 15 is 0 Å². The Bertz CT molecular complexity index is 766. The van der Waals surface area contributed by atoms with E-state index in [1.54, 1.807) is 10.9 Å². The highest BCUT2D eigenvalue weighted by Crippen LogP contribution is 2.10. The number of amides is 2. The number of carbonyl (C=O) groups is 1. The molecule has 0 spiro atoms. The summed E-state index contributed by atoms with van der Waals surface area (Å²) < 4.78 is 6.63. The monoisotopic (exact) mass is 295 g/mol. The molecule has 6 heteroatoms. The van der Waals surface area contributed by atoms with Crippen molar-refractivity contribution >= 4 is 17.6 Å². The fourth-order valence-electron chi connectivity index (χ4n) is 1.91. The van der Waals surface area contributed by atoms with Gasteiger partial charge in [0.25, 0.3) is 6.20 Å². The molecule has 2 aromatic carbocycles. The topological polar surface area (TPSA) is 71.0 Å². The van der Waals surface area contributed by atoms with Crippen molar-refractivity contribution in [2.75, 3.05) is 10.6 Å². The lowest BCUT2D eigenvalue weighted by atomic mass is 10.2. The van der Waals surface area contributed by atoms with Crippen molar-refractivity contribution < 1.29 is 14.0 Å². The molecule has 110 valence electrons. The maximum atomic E-state index is 11.9. The Morgan fingerprint density at radius 3 is 2.50 bits per heavy atom. The molecule has 0 aliphatic rings. The first-order chi connectivity index (χ1) is 10.7.